The van der Waals surface area contributed by atoms with E-state index in [1.54, 1.807) is 11.5 Å². The number of hydrogen-bond acceptors (Lipinski definition) is 8. The molecule has 0 bridgehead atoms. The topological polar surface area (TPSA) is 120 Å². The molecule has 10 heteroatoms. The Morgan fingerprint density at radius 3 is 2.90 bits per heavy atom. The molecule has 2 N–H and O–H groups in total. The van der Waals surface area contributed by atoms with Crippen LogP contribution in [0.1, 0.15) is 43.5 Å². The van der Waals surface area contributed by atoms with E-state index in [9.17, 15) is 19.6 Å². The molecule has 1 aliphatic rings. The van der Waals surface area contributed by atoms with Crippen molar-refractivity contribution >= 4 is 29.6 Å². The lowest BCUT2D eigenvalue weighted by molar-refractivity contribution is -0.186. The zero-order chi connectivity index (χ0) is 21.0. The fourth-order valence-corrected chi connectivity index (χ4v) is 3.32. The third-order valence-electron chi connectivity index (χ3n) is 4.70. The zero-order valence-corrected chi connectivity index (χ0v) is 16.5. The number of carbonyl (C=O) groups excluding carboxylic acids is 1. The highest BCUT2D eigenvalue weighted by Gasteiger charge is 2.22. The zero-order valence-electron chi connectivity index (χ0n) is 16.5. The first kappa shape index (κ1) is 21.4. The molecular weight excluding hydrogens is 379 g/mol. The Hall–Kier alpha value is -2.27. The average molecular weight is 404 g/mol. The van der Waals surface area contributed by atoms with Crippen LogP contribution in [0.25, 0.3) is 11.0 Å². The molecule has 3 heterocycles. The van der Waals surface area contributed by atoms with Gasteiger partial charge >= 0.3 is 13.1 Å². The van der Waals surface area contributed by atoms with E-state index in [1.807, 2.05) is 6.92 Å². The molecule has 0 aliphatic carbocycles. The Bertz CT molecular complexity index is 925. The fraction of sp³-hybridized carbons (Fsp3) is 0.526. The molecule has 0 spiro atoms. The third kappa shape index (κ3) is 5.02. The summed E-state index contributed by atoms with van der Waals surface area (Å²) in [6.45, 7) is 4.63. The van der Waals surface area contributed by atoms with Gasteiger partial charge in [0.25, 0.3) is 0 Å². The van der Waals surface area contributed by atoms with Gasteiger partial charge in [0.2, 0.25) is 5.43 Å². The molecule has 0 saturated carbocycles. The SMILES string of the molecule is CCOC(=O)c1cn(CC(C)OC2CCCCO2)c2ncc(B(O)O)cc2c1=O. The molecule has 9 nitrogen and oxygen atoms in total. The number of ether oxygens (including phenoxy) is 3. The molecule has 2 unspecified atom stereocenters. The lowest BCUT2D eigenvalue weighted by Crippen LogP contribution is -2.33. The van der Waals surface area contributed by atoms with Crippen molar-refractivity contribution in [2.75, 3.05) is 13.2 Å². The van der Waals surface area contributed by atoms with Crippen LogP contribution in [0.2, 0.25) is 0 Å². The summed E-state index contributed by atoms with van der Waals surface area (Å²) in [4.78, 5) is 29.3. The molecule has 1 fully saturated rings. The van der Waals surface area contributed by atoms with Gasteiger partial charge in [0.1, 0.15) is 11.2 Å². The maximum absolute atomic E-state index is 12.8. The van der Waals surface area contributed by atoms with Crippen LogP contribution in [0, 0.1) is 0 Å². The number of esters is 1. The van der Waals surface area contributed by atoms with Crippen molar-refractivity contribution < 1.29 is 29.1 Å². The van der Waals surface area contributed by atoms with Crippen LogP contribution in [-0.2, 0) is 20.8 Å². The first-order chi connectivity index (χ1) is 13.9. The first-order valence-electron chi connectivity index (χ1n) is 9.74. The summed E-state index contributed by atoms with van der Waals surface area (Å²) < 4.78 is 18.2. The average Bonchev–Trinajstić information content (AvgIpc) is 2.70. The molecule has 0 amide bonds. The van der Waals surface area contributed by atoms with E-state index < -0.39 is 18.5 Å². The highest BCUT2D eigenvalue weighted by atomic mass is 16.7. The van der Waals surface area contributed by atoms with Crippen molar-refractivity contribution in [2.24, 2.45) is 0 Å². The van der Waals surface area contributed by atoms with Gasteiger partial charge in [-0.25, -0.2) is 9.78 Å². The van der Waals surface area contributed by atoms with E-state index in [0.717, 1.165) is 19.3 Å². The fourth-order valence-electron chi connectivity index (χ4n) is 3.32. The van der Waals surface area contributed by atoms with Gasteiger partial charge in [0.15, 0.2) is 6.29 Å². The molecule has 0 radical (unpaired) electrons. The number of aromatic nitrogens is 2. The number of rotatable bonds is 7. The summed E-state index contributed by atoms with van der Waals surface area (Å²) in [6.07, 6.45) is 5.01. The number of nitrogens with zero attached hydrogens (tertiary/aromatic N) is 2. The molecular formula is C19H25BN2O7. The van der Waals surface area contributed by atoms with Crippen LogP contribution in [-0.4, -0.2) is 58.3 Å². The van der Waals surface area contributed by atoms with Gasteiger partial charge < -0.3 is 28.8 Å². The van der Waals surface area contributed by atoms with Gasteiger partial charge in [-0.15, -0.1) is 0 Å². The van der Waals surface area contributed by atoms with Gasteiger partial charge in [-0.05, 0) is 39.2 Å². The standard InChI is InChI=1S/C19H25BN2O7/c1-3-27-19(24)15-11-22(10-12(2)29-16-6-4-5-7-28-16)18-14(17(15)23)8-13(9-21-18)20(25)26/h8-9,11-12,16,25-26H,3-7,10H2,1-2H3. The van der Waals surface area contributed by atoms with Crippen molar-refractivity contribution in [2.45, 2.75) is 52.0 Å². The Morgan fingerprint density at radius 1 is 1.45 bits per heavy atom. The van der Waals surface area contributed by atoms with E-state index in [4.69, 9.17) is 14.2 Å². The summed E-state index contributed by atoms with van der Waals surface area (Å²) in [5, 5.41) is 18.9. The van der Waals surface area contributed by atoms with Crippen molar-refractivity contribution in [3.05, 3.63) is 34.2 Å². The molecule has 0 aromatic carbocycles. The van der Waals surface area contributed by atoms with E-state index >= 15 is 0 Å². The van der Waals surface area contributed by atoms with Gasteiger partial charge in [-0.3, -0.25) is 4.79 Å². The predicted molar refractivity (Wildman–Crippen MR) is 106 cm³/mol. The molecule has 156 valence electrons. The number of pyridine rings is 2. The molecule has 1 saturated heterocycles. The molecule has 1 aliphatic heterocycles. The van der Waals surface area contributed by atoms with E-state index in [1.165, 1.54) is 18.5 Å². The highest BCUT2D eigenvalue weighted by molar-refractivity contribution is 6.58. The van der Waals surface area contributed by atoms with Crippen molar-refractivity contribution in [3.63, 3.8) is 0 Å². The number of carbonyl (C=O) groups is 1. The normalized spacial score (nSPS) is 17.9. The van der Waals surface area contributed by atoms with Crippen LogP contribution < -0.4 is 10.9 Å². The van der Waals surface area contributed by atoms with Crippen LogP contribution in [0.5, 0.6) is 0 Å². The minimum absolute atomic E-state index is 0.0575. The Labute approximate surface area is 168 Å². The summed E-state index contributed by atoms with van der Waals surface area (Å²) in [7, 11) is -1.78. The largest absolute Gasteiger partial charge is 0.490 e. The summed E-state index contributed by atoms with van der Waals surface area (Å²) in [5.74, 6) is -0.743. The number of fused-ring (bicyclic) bond motifs is 1. The Morgan fingerprint density at radius 2 is 2.24 bits per heavy atom. The lowest BCUT2D eigenvalue weighted by atomic mass is 9.81. The minimum Gasteiger partial charge on any atom is -0.462 e. The minimum atomic E-state index is -1.78. The molecule has 2 atom stereocenters. The lowest BCUT2D eigenvalue weighted by Gasteiger charge is -2.26. The molecule has 3 rings (SSSR count). The Kier molecular flexibility index (Phi) is 7.02. The second-order valence-corrected chi connectivity index (χ2v) is 7.00. The smallest absolute Gasteiger partial charge is 0.462 e. The van der Waals surface area contributed by atoms with Crippen molar-refractivity contribution in [3.8, 4) is 0 Å². The maximum atomic E-state index is 12.8. The molecule has 29 heavy (non-hydrogen) atoms. The maximum Gasteiger partial charge on any atom is 0.490 e. The van der Waals surface area contributed by atoms with Crippen molar-refractivity contribution in [1.29, 1.82) is 0 Å². The van der Waals surface area contributed by atoms with Crippen molar-refractivity contribution in [1.82, 2.24) is 9.55 Å². The third-order valence-corrected chi connectivity index (χ3v) is 4.70. The van der Waals surface area contributed by atoms with E-state index in [0.29, 0.717) is 18.8 Å². The van der Waals surface area contributed by atoms with E-state index in [-0.39, 0.29) is 35.4 Å². The summed E-state index contributed by atoms with van der Waals surface area (Å²) in [5.41, 5.74) is -0.352. The van der Waals surface area contributed by atoms with Gasteiger partial charge in [-0.2, -0.15) is 0 Å². The summed E-state index contributed by atoms with van der Waals surface area (Å²) >= 11 is 0. The van der Waals surface area contributed by atoms with Crippen LogP contribution in [0.4, 0.5) is 0 Å². The van der Waals surface area contributed by atoms with E-state index in [2.05, 4.69) is 4.98 Å². The van der Waals surface area contributed by atoms with Gasteiger partial charge in [0, 0.05) is 24.5 Å². The molecule has 2 aromatic rings. The van der Waals surface area contributed by atoms with Crippen LogP contribution in [0.15, 0.2) is 23.3 Å². The first-order valence-corrected chi connectivity index (χ1v) is 9.74. The second-order valence-electron chi connectivity index (χ2n) is 7.00. The monoisotopic (exact) mass is 404 g/mol. The second kappa shape index (κ2) is 9.49. The quantitative estimate of drug-likeness (QED) is 0.496. The van der Waals surface area contributed by atoms with Gasteiger partial charge in [0.05, 0.1) is 24.6 Å². The number of hydrogen-bond donors (Lipinski definition) is 2. The summed E-state index contributed by atoms with van der Waals surface area (Å²) in [6, 6.07) is 1.32. The molecule has 2 aromatic heterocycles. The van der Waals surface area contributed by atoms with Gasteiger partial charge in [-0.1, -0.05) is 0 Å². The Balaban J connectivity index is 1.98. The predicted octanol–water partition coefficient (Wildman–Crippen LogP) is 0.185. The van der Waals surface area contributed by atoms with Crippen LogP contribution in [0.3, 0.4) is 0 Å². The van der Waals surface area contributed by atoms with Crippen LogP contribution >= 0.6 is 0 Å². The highest BCUT2D eigenvalue weighted by Crippen LogP contribution is 2.17.